The summed E-state index contributed by atoms with van der Waals surface area (Å²) in [5.74, 6) is -1.71. The molecule has 0 radical (unpaired) electrons. The summed E-state index contributed by atoms with van der Waals surface area (Å²) in [6.45, 7) is 0.110. The van der Waals surface area contributed by atoms with Crippen LogP contribution in [-0.2, 0) is 38.5 Å². The van der Waals surface area contributed by atoms with Crippen LogP contribution in [0, 0.1) is 0 Å². The van der Waals surface area contributed by atoms with Crippen LogP contribution < -0.4 is 5.32 Å². The van der Waals surface area contributed by atoms with E-state index in [4.69, 9.17) is 21.1 Å². The zero-order valence-electron chi connectivity index (χ0n) is 19.7. The smallest absolute Gasteiger partial charge is 0.408 e. The minimum Gasteiger partial charge on any atom is -0.461 e. The molecule has 7 nitrogen and oxygen atoms in total. The topological polar surface area (TPSA) is 102 Å². The second kappa shape index (κ2) is 13.8. The molecule has 0 bridgehead atoms. The molecule has 0 spiro atoms. The zero-order chi connectivity index (χ0) is 25.8. The van der Waals surface area contributed by atoms with Crippen LogP contribution in [0.3, 0.4) is 0 Å². The Morgan fingerprint density at radius 1 is 0.861 bits per heavy atom. The molecular formula is C27H29ClNO6P. The number of amides is 1. The Hall–Kier alpha value is -3.12. The molecule has 3 aromatic carbocycles. The third-order valence-electron chi connectivity index (χ3n) is 5.46. The number of benzene rings is 3. The zero-order valence-corrected chi connectivity index (χ0v) is 21.4. The van der Waals surface area contributed by atoms with Crippen LogP contribution in [0.25, 0.3) is 0 Å². The molecule has 1 amide bonds. The summed E-state index contributed by atoms with van der Waals surface area (Å²) in [5.41, 5.74) is 2.41. The molecule has 36 heavy (non-hydrogen) atoms. The molecule has 0 aliphatic rings. The molecule has 0 heterocycles. The first-order valence-electron chi connectivity index (χ1n) is 11.5. The number of carbonyl (C=O) groups is 2. The van der Waals surface area contributed by atoms with E-state index in [-0.39, 0.29) is 38.6 Å². The van der Waals surface area contributed by atoms with Crippen molar-refractivity contribution < 1.29 is 28.5 Å². The lowest BCUT2D eigenvalue weighted by Gasteiger charge is -2.24. The average Bonchev–Trinajstić information content (AvgIpc) is 2.88. The molecule has 0 aromatic heterocycles. The van der Waals surface area contributed by atoms with Crippen LogP contribution in [0.1, 0.15) is 29.5 Å². The van der Waals surface area contributed by atoms with Gasteiger partial charge in [0, 0.05) is 17.6 Å². The Morgan fingerprint density at radius 3 is 2.06 bits per heavy atom. The van der Waals surface area contributed by atoms with Gasteiger partial charge in [0.1, 0.15) is 19.0 Å². The van der Waals surface area contributed by atoms with E-state index in [0.717, 1.165) is 16.7 Å². The minimum atomic E-state index is -3.93. The third kappa shape index (κ3) is 9.50. The van der Waals surface area contributed by atoms with Crippen molar-refractivity contribution in [3.63, 3.8) is 0 Å². The number of aryl methyl sites for hydroxylation is 1. The van der Waals surface area contributed by atoms with Crippen molar-refractivity contribution in [3.05, 3.63) is 107 Å². The molecule has 0 saturated heterocycles. The molecule has 2 atom stereocenters. The van der Waals surface area contributed by atoms with Gasteiger partial charge in [0.05, 0.1) is 0 Å². The Labute approximate surface area is 215 Å². The van der Waals surface area contributed by atoms with Gasteiger partial charge in [-0.15, -0.1) is 0 Å². The predicted octanol–water partition coefficient (Wildman–Crippen LogP) is 5.93. The number of halogens is 1. The van der Waals surface area contributed by atoms with E-state index in [1.165, 1.54) is 0 Å². The summed E-state index contributed by atoms with van der Waals surface area (Å²) in [7, 11) is -3.93. The second-order valence-electron chi connectivity index (χ2n) is 8.27. The number of alkyl carbamates (subject to hydrolysis) is 1. The molecule has 3 aromatic rings. The Balaban J connectivity index is 1.60. The summed E-state index contributed by atoms with van der Waals surface area (Å²) in [5, 5.41) is 3.02. The Morgan fingerprint density at radius 2 is 1.44 bits per heavy atom. The van der Waals surface area contributed by atoms with Gasteiger partial charge in [-0.3, -0.25) is 9.36 Å². The molecule has 9 heteroatoms. The van der Waals surface area contributed by atoms with Crippen molar-refractivity contribution in [3.8, 4) is 0 Å². The average molecular weight is 530 g/mol. The lowest BCUT2D eigenvalue weighted by Crippen LogP contribution is -2.36. The van der Waals surface area contributed by atoms with Gasteiger partial charge in [-0.1, -0.05) is 84.4 Å². The molecule has 2 N–H and O–H groups in total. The van der Waals surface area contributed by atoms with Gasteiger partial charge in [0.25, 0.3) is 0 Å². The SMILES string of the molecule is O=C(CCC(NC(=O)OCc1ccccc1)P(=O)(O)CCc1cccc(Cl)c1)OCc1ccccc1. The van der Waals surface area contributed by atoms with Crippen LogP contribution in [0.4, 0.5) is 4.79 Å². The fourth-order valence-electron chi connectivity index (χ4n) is 3.48. The number of esters is 1. The highest BCUT2D eigenvalue weighted by atomic mass is 35.5. The second-order valence-corrected chi connectivity index (χ2v) is 11.3. The highest BCUT2D eigenvalue weighted by Gasteiger charge is 2.33. The number of hydrogen-bond acceptors (Lipinski definition) is 5. The fourth-order valence-corrected chi connectivity index (χ4v) is 5.42. The van der Waals surface area contributed by atoms with Gasteiger partial charge in [-0.2, -0.15) is 0 Å². The van der Waals surface area contributed by atoms with E-state index in [9.17, 15) is 19.0 Å². The molecule has 0 fully saturated rings. The van der Waals surface area contributed by atoms with Crippen molar-refractivity contribution in [1.82, 2.24) is 5.32 Å². The Bertz CT molecular complexity index is 1180. The van der Waals surface area contributed by atoms with Gasteiger partial charge in [-0.25, -0.2) is 4.79 Å². The van der Waals surface area contributed by atoms with E-state index >= 15 is 0 Å². The Kier molecular flexibility index (Phi) is 10.6. The maximum atomic E-state index is 13.3. The normalized spacial score (nSPS) is 13.3. The van der Waals surface area contributed by atoms with Gasteiger partial charge in [0.2, 0.25) is 7.37 Å². The maximum Gasteiger partial charge on any atom is 0.408 e. The van der Waals surface area contributed by atoms with Gasteiger partial charge in [-0.05, 0) is 41.7 Å². The third-order valence-corrected chi connectivity index (χ3v) is 7.92. The van der Waals surface area contributed by atoms with Crippen molar-refractivity contribution >= 4 is 31.0 Å². The minimum absolute atomic E-state index is 0.0107. The van der Waals surface area contributed by atoms with E-state index in [2.05, 4.69) is 5.32 Å². The first kappa shape index (κ1) is 27.5. The van der Waals surface area contributed by atoms with Crippen molar-refractivity contribution in [2.24, 2.45) is 0 Å². The van der Waals surface area contributed by atoms with Gasteiger partial charge < -0.3 is 19.7 Å². The van der Waals surface area contributed by atoms with Gasteiger partial charge >= 0.3 is 12.1 Å². The summed E-state index contributed by atoms with van der Waals surface area (Å²) in [4.78, 5) is 35.6. The molecule has 190 valence electrons. The fraction of sp³-hybridized carbons (Fsp3) is 0.259. The summed E-state index contributed by atoms with van der Waals surface area (Å²) in [6.07, 6.45) is -0.867. The molecular weight excluding hydrogens is 501 g/mol. The molecule has 0 saturated carbocycles. The first-order chi connectivity index (χ1) is 17.3. The maximum absolute atomic E-state index is 13.3. The quantitative estimate of drug-likeness (QED) is 0.223. The van der Waals surface area contributed by atoms with E-state index < -0.39 is 25.2 Å². The molecule has 2 unspecified atom stereocenters. The van der Waals surface area contributed by atoms with E-state index in [0.29, 0.717) is 5.02 Å². The van der Waals surface area contributed by atoms with Crippen LogP contribution in [0.2, 0.25) is 5.02 Å². The summed E-state index contributed by atoms with van der Waals surface area (Å²) in [6, 6.07) is 25.3. The monoisotopic (exact) mass is 529 g/mol. The van der Waals surface area contributed by atoms with Crippen molar-refractivity contribution in [1.29, 1.82) is 0 Å². The number of hydrogen-bond donors (Lipinski definition) is 2. The van der Waals surface area contributed by atoms with Crippen LogP contribution >= 0.6 is 19.0 Å². The standard InChI is InChI=1S/C27H29ClNO6P/c28-24-13-7-12-21(18-24)16-17-36(32,33)25(29-27(31)35-20-23-10-5-2-6-11-23)14-15-26(30)34-19-22-8-3-1-4-9-22/h1-13,18,25H,14-17,19-20H2,(H,29,31)(H,32,33). The van der Waals surface area contributed by atoms with Gasteiger partial charge in [0.15, 0.2) is 0 Å². The van der Waals surface area contributed by atoms with Crippen molar-refractivity contribution in [2.75, 3.05) is 6.16 Å². The van der Waals surface area contributed by atoms with Crippen LogP contribution in [0.5, 0.6) is 0 Å². The number of carbonyl (C=O) groups excluding carboxylic acids is 2. The highest BCUT2D eigenvalue weighted by molar-refractivity contribution is 7.58. The molecule has 0 aliphatic carbocycles. The molecule has 3 rings (SSSR count). The lowest BCUT2D eigenvalue weighted by molar-refractivity contribution is -0.145. The first-order valence-corrected chi connectivity index (χ1v) is 13.8. The molecule has 0 aliphatic heterocycles. The summed E-state index contributed by atoms with van der Waals surface area (Å²) >= 11 is 6.01. The van der Waals surface area contributed by atoms with E-state index in [1.54, 1.807) is 30.3 Å². The predicted molar refractivity (Wildman–Crippen MR) is 139 cm³/mol. The summed E-state index contributed by atoms with van der Waals surface area (Å²) < 4.78 is 23.8. The van der Waals surface area contributed by atoms with Crippen LogP contribution in [0.15, 0.2) is 84.9 Å². The number of ether oxygens (including phenoxy) is 2. The number of rotatable bonds is 12. The van der Waals surface area contributed by atoms with Crippen molar-refractivity contribution in [2.45, 2.75) is 38.3 Å². The van der Waals surface area contributed by atoms with E-state index in [1.807, 2.05) is 54.6 Å². The lowest BCUT2D eigenvalue weighted by atomic mass is 10.2. The number of nitrogens with one attached hydrogen (secondary N) is 1. The largest absolute Gasteiger partial charge is 0.461 e. The highest BCUT2D eigenvalue weighted by Crippen LogP contribution is 2.47. The van der Waals surface area contributed by atoms with Crippen LogP contribution in [-0.4, -0.2) is 28.9 Å².